The van der Waals surface area contributed by atoms with Crippen LogP contribution in [0.2, 0.25) is 0 Å². The summed E-state index contributed by atoms with van der Waals surface area (Å²) in [6.45, 7) is 2.22. The van der Waals surface area contributed by atoms with Crippen molar-refractivity contribution in [3.63, 3.8) is 0 Å². The first-order valence-electron chi connectivity index (χ1n) is 13.8. The Labute approximate surface area is 203 Å². The van der Waals surface area contributed by atoms with Gasteiger partial charge in [0.15, 0.2) is 17.5 Å². The van der Waals surface area contributed by atoms with Crippen molar-refractivity contribution in [1.82, 2.24) is 0 Å². The van der Waals surface area contributed by atoms with Gasteiger partial charge in [0.2, 0.25) is 0 Å². The topological polar surface area (TPSA) is 37.3 Å². The number of carboxylic acids is 1. The molecule has 0 saturated heterocycles. The first-order valence-corrected chi connectivity index (χ1v) is 13.8. The van der Waals surface area contributed by atoms with E-state index < -0.39 is 34.8 Å². The van der Waals surface area contributed by atoms with Gasteiger partial charge >= 0.3 is 5.97 Å². The zero-order chi connectivity index (χ0) is 24.6. The molecule has 3 rings (SSSR count). The minimum absolute atomic E-state index is 0.00370. The minimum Gasteiger partial charge on any atom is -0.481 e. The van der Waals surface area contributed by atoms with Crippen molar-refractivity contribution in [2.75, 3.05) is 0 Å². The van der Waals surface area contributed by atoms with Crippen molar-refractivity contribution in [3.8, 4) is 0 Å². The molecular weight excluding hydrogens is 437 g/mol. The number of halogens is 3. The fraction of sp³-hybridized carbons (Fsp3) is 0.759. The Morgan fingerprint density at radius 1 is 0.912 bits per heavy atom. The molecule has 2 aliphatic carbocycles. The third-order valence-electron chi connectivity index (χ3n) is 8.76. The second kappa shape index (κ2) is 13.0. The predicted octanol–water partition coefficient (Wildman–Crippen LogP) is 9.17. The molecule has 34 heavy (non-hydrogen) atoms. The van der Waals surface area contributed by atoms with Gasteiger partial charge in [-0.1, -0.05) is 84.0 Å². The van der Waals surface area contributed by atoms with E-state index in [1.54, 1.807) is 0 Å². The van der Waals surface area contributed by atoms with Crippen LogP contribution in [-0.2, 0) is 4.79 Å². The molecule has 1 N–H and O–H groups in total. The van der Waals surface area contributed by atoms with E-state index in [0.717, 1.165) is 63.5 Å². The quantitative estimate of drug-likeness (QED) is 0.239. The van der Waals surface area contributed by atoms with Gasteiger partial charge in [-0.25, -0.2) is 13.2 Å². The van der Waals surface area contributed by atoms with Crippen LogP contribution in [0, 0.1) is 34.7 Å². The number of aliphatic carboxylic acids is 1. The molecule has 2 aliphatic rings. The van der Waals surface area contributed by atoms with Crippen LogP contribution in [0.4, 0.5) is 13.2 Å². The van der Waals surface area contributed by atoms with Gasteiger partial charge in [0.25, 0.3) is 0 Å². The average molecular weight is 481 g/mol. The summed E-state index contributed by atoms with van der Waals surface area (Å²) < 4.78 is 42.2. The standard InChI is InChI=1S/C29H43F3O2/c1-2-3-4-5-6-7-8-10-13-21-16-17-29(28(33)34,23-14-11-9-12-15-23)24(18-21)22-19-25(30)27(32)26(31)20-22/h19-21,23-24H,2-18H2,1H3,(H,33,34)/t21-,24?,29-/m1/s1. The van der Waals surface area contributed by atoms with E-state index in [0.29, 0.717) is 24.3 Å². The minimum atomic E-state index is -1.48. The highest BCUT2D eigenvalue weighted by Crippen LogP contribution is 2.57. The summed E-state index contributed by atoms with van der Waals surface area (Å²) in [5.41, 5.74) is -0.697. The largest absolute Gasteiger partial charge is 0.481 e. The van der Waals surface area contributed by atoms with E-state index in [-0.39, 0.29) is 5.92 Å². The van der Waals surface area contributed by atoms with Crippen molar-refractivity contribution in [2.45, 2.75) is 122 Å². The number of carboxylic acid groups (broad SMARTS) is 1. The Morgan fingerprint density at radius 2 is 1.50 bits per heavy atom. The van der Waals surface area contributed by atoms with E-state index in [2.05, 4.69) is 6.92 Å². The Balaban J connectivity index is 1.73. The third-order valence-corrected chi connectivity index (χ3v) is 8.76. The molecule has 0 bridgehead atoms. The molecule has 1 aromatic rings. The summed E-state index contributed by atoms with van der Waals surface area (Å²) in [6, 6.07) is 2.12. The van der Waals surface area contributed by atoms with Crippen LogP contribution in [0.5, 0.6) is 0 Å². The van der Waals surface area contributed by atoms with E-state index in [4.69, 9.17) is 0 Å². The molecule has 1 unspecified atom stereocenters. The molecule has 0 heterocycles. The maximum absolute atomic E-state index is 14.2. The number of carbonyl (C=O) groups is 1. The molecule has 2 nitrogen and oxygen atoms in total. The lowest BCUT2D eigenvalue weighted by molar-refractivity contribution is -0.159. The highest BCUT2D eigenvalue weighted by Gasteiger charge is 2.54. The van der Waals surface area contributed by atoms with Crippen LogP contribution >= 0.6 is 0 Å². The van der Waals surface area contributed by atoms with Crippen molar-refractivity contribution in [3.05, 3.63) is 35.1 Å². The second-order valence-corrected chi connectivity index (χ2v) is 10.9. The van der Waals surface area contributed by atoms with Crippen molar-refractivity contribution < 1.29 is 23.1 Å². The number of hydrogen-bond donors (Lipinski definition) is 1. The molecule has 1 aromatic carbocycles. The van der Waals surface area contributed by atoms with Crippen LogP contribution in [0.25, 0.3) is 0 Å². The van der Waals surface area contributed by atoms with E-state index in [1.807, 2.05) is 0 Å². The van der Waals surface area contributed by atoms with Gasteiger partial charge in [0.05, 0.1) is 5.41 Å². The van der Waals surface area contributed by atoms with Gasteiger partial charge in [-0.2, -0.15) is 0 Å². The maximum Gasteiger partial charge on any atom is 0.310 e. The maximum atomic E-state index is 14.2. The average Bonchev–Trinajstić information content (AvgIpc) is 2.84. The molecule has 0 radical (unpaired) electrons. The smallest absolute Gasteiger partial charge is 0.310 e. The van der Waals surface area contributed by atoms with Crippen molar-refractivity contribution >= 4 is 5.97 Å². The number of benzene rings is 1. The first-order chi connectivity index (χ1) is 16.4. The normalized spacial score (nSPS) is 26.0. The Kier molecular flexibility index (Phi) is 10.3. The molecule has 0 aliphatic heterocycles. The highest BCUT2D eigenvalue weighted by molar-refractivity contribution is 5.77. The van der Waals surface area contributed by atoms with Crippen LogP contribution in [0.15, 0.2) is 12.1 Å². The molecule has 2 saturated carbocycles. The lowest BCUT2D eigenvalue weighted by Gasteiger charge is -2.49. The fourth-order valence-corrected chi connectivity index (χ4v) is 6.85. The summed E-state index contributed by atoms with van der Waals surface area (Å²) in [6.07, 6.45) is 17.8. The molecule has 192 valence electrons. The Hall–Kier alpha value is -1.52. The van der Waals surface area contributed by atoms with Crippen LogP contribution in [0.3, 0.4) is 0 Å². The number of unbranched alkanes of at least 4 members (excludes halogenated alkanes) is 7. The van der Waals surface area contributed by atoms with E-state index >= 15 is 0 Å². The summed E-state index contributed by atoms with van der Waals surface area (Å²) in [5.74, 6) is -4.90. The van der Waals surface area contributed by atoms with Crippen molar-refractivity contribution in [2.24, 2.45) is 17.3 Å². The Morgan fingerprint density at radius 3 is 2.09 bits per heavy atom. The van der Waals surface area contributed by atoms with Crippen LogP contribution < -0.4 is 0 Å². The summed E-state index contributed by atoms with van der Waals surface area (Å²) in [5, 5.41) is 10.5. The molecule has 5 heteroatoms. The predicted molar refractivity (Wildman–Crippen MR) is 130 cm³/mol. The first kappa shape index (κ1) is 27.1. The molecule has 0 amide bonds. The lowest BCUT2D eigenvalue weighted by atomic mass is 9.53. The third kappa shape index (κ3) is 6.37. The summed E-state index contributed by atoms with van der Waals surface area (Å²) in [7, 11) is 0. The molecule has 2 fully saturated rings. The molecule has 0 aromatic heterocycles. The fourth-order valence-electron chi connectivity index (χ4n) is 6.85. The molecular formula is C29H43F3O2. The monoisotopic (exact) mass is 480 g/mol. The van der Waals surface area contributed by atoms with Gasteiger partial charge in [-0.3, -0.25) is 4.79 Å². The van der Waals surface area contributed by atoms with Gasteiger partial charge in [-0.15, -0.1) is 0 Å². The van der Waals surface area contributed by atoms with Crippen LogP contribution in [0.1, 0.15) is 128 Å². The van der Waals surface area contributed by atoms with Gasteiger partial charge in [0, 0.05) is 5.92 Å². The summed E-state index contributed by atoms with van der Waals surface area (Å²) >= 11 is 0. The second-order valence-electron chi connectivity index (χ2n) is 10.9. The van der Waals surface area contributed by atoms with Crippen LogP contribution in [-0.4, -0.2) is 11.1 Å². The zero-order valence-corrected chi connectivity index (χ0v) is 20.9. The van der Waals surface area contributed by atoms with Gasteiger partial charge in [-0.05, 0) is 61.6 Å². The SMILES string of the molecule is CCCCCCCCCC[C@@H]1CC[C@@](C(=O)O)(C2CCCCC2)C(c2cc(F)c(F)c(F)c2)C1. The highest BCUT2D eigenvalue weighted by atomic mass is 19.2. The lowest BCUT2D eigenvalue weighted by Crippen LogP contribution is -2.48. The Bertz CT molecular complexity index is 767. The summed E-state index contributed by atoms with van der Waals surface area (Å²) in [4.78, 5) is 12.8. The molecule has 3 atom stereocenters. The van der Waals surface area contributed by atoms with E-state index in [9.17, 15) is 23.1 Å². The number of rotatable bonds is 12. The van der Waals surface area contributed by atoms with Gasteiger partial charge < -0.3 is 5.11 Å². The van der Waals surface area contributed by atoms with Crippen molar-refractivity contribution in [1.29, 1.82) is 0 Å². The van der Waals surface area contributed by atoms with E-state index in [1.165, 1.54) is 44.9 Å². The zero-order valence-electron chi connectivity index (χ0n) is 20.9. The number of hydrogen-bond acceptors (Lipinski definition) is 1. The van der Waals surface area contributed by atoms with Gasteiger partial charge in [0.1, 0.15) is 0 Å². The molecule has 0 spiro atoms.